The maximum atomic E-state index is 4.99. The number of nitrogens with zero attached hydrogens (tertiary/aromatic N) is 4. The van der Waals surface area contributed by atoms with Crippen molar-refractivity contribution in [3.05, 3.63) is 207 Å². The molecular weight excluding hydrogens is 693 g/mol. The summed E-state index contributed by atoms with van der Waals surface area (Å²) in [6.45, 7) is 0. The van der Waals surface area contributed by atoms with Gasteiger partial charge in [0.15, 0.2) is 0 Å². The number of fused-ring (bicyclic) bond motifs is 4. The van der Waals surface area contributed by atoms with Crippen molar-refractivity contribution < 1.29 is 0 Å². The largest absolute Gasteiger partial charge is 0.264 e. The van der Waals surface area contributed by atoms with Gasteiger partial charge in [0, 0.05) is 18.0 Å². The minimum Gasteiger partial charge on any atom is -0.264 e. The standard InChI is InChI=1S/C53H34N4/c1-3-12-36(13-4-1)52-46-19-9-10-20-47(46)53(37-14-5-2-6-15-37)49-32-38(23-27-48(49)52)39-24-30-50-51(33-39)56-57(55-50)41-25-21-35(22-26-41)42-28-29-43(40-16-11-31-54-34-40)45-18-8-7-17-44(42)45/h1-34H. The lowest BCUT2D eigenvalue weighted by molar-refractivity contribution is 0.766. The molecule has 0 saturated heterocycles. The molecule has 0 aliphatic heterocycles. The predicted octanol–water partition coefficient (Wildman–Crippen LogP) is 13.6. The van der Waals surface area contributed by atoms with Crippen molar-refractivity contribution in [3.63, 3.8) is 0 Å². The third-order valence-electron chi connectivity index (χ3n) is 11.2. The van der Waals surface area contributed by atoms with E-state index in [1.54, 1.807) is 4.80 Å². The highest BCUT2D eigenvalue weighted by atomic mass is 15.5. The molecule has 4 heteroatoms. The summed E-state index contributed by atoms with van der Waals surface area (Å²) in [6, 6.07) is 69.2. The number of benzene rings is 9. The summed E-state index contributed by atoms with van der Waals surface area (Å²) in [7, 11) is 0. The Balaban J connectivity index is 0.982. The van der Waals surface area contributed by atoms with E-state index in [2.05, 4.69) is 193 Å². The Morgan fingerprint density at radius 1 is 0.316 bits per heavy atom. The molecule has 4 nitrogen and oxygen atoms in total. The molecule has 0 unspecified atom stereocenters. The first kappa shape index (κ1) is 32.7. The molecule has 266 valence electrons. The van der Waals surface area contributed by atoms with E-state index in [1.165, 1.54) is 65.7 Å². The van der Waals surface area contributed by atoms with Gasteiger partial charge in [-0.15, -0.1) is 10.2 Å². The van der Waals surface area contributed by atoms with Crippen LogP contribution in [0.15, 0.2) is 207 Å². The van der Waals surface area contributed by atoms with Crippen molar-refractivity contribution in [2.75, 3.05) is 0 Å². The summed E-state index contributed by atoms with van der Waals surface area (Å²) >= 11 is 0. The van der Waals surface area contributed by atoms with Crippen LogP contribution >= 0.6 is 0 Å². The zero-order valence-corrected chi connectivity index (χ0v) is 30.9. The Bertz CT molecular complexity index is 3260. The highest BCUT2D eigenvalue weighted by Gasteiger charge is 2.18. The van der Waals surface area contributed by atoms with Crippen LogP contribution in [0.3, 0.4) is 0 Å². The first-order valence-corrected chi connectivity index (χ1v) is 19.3. The first-order valence-electron chi connectivity index (χ1n) is 19.3. The van der Waals surface area contributed by atoms with Crippen molar-refractivity contribution in [1.29, 1.82) is 0 Å². The molecule has 0 bridgehead atoms. The second kappa shape index (κ2) is 13.6. The van der Waals surface area contributed by atoms with E-state index < -0.39 is 0 Å². The van der Waals surface area contributed by atoms with E-state index in [0.29, 0.717) is 0 Å². The third-order valence-corrected chi connectivity index (χ3v) is 11.2. The fourth-order valence-corrected chi connectivity index (χ4v) is 8.50. The Labute approximate surface area is 330 Å². The van der Waals surface area contributed by atoms with Gasteiger partial charge in [0.1, 0.15) is 11.0 Å². The van der Waals surface area contributed by atoms with E-state index in [1.807, 2.05) is 18.5 Å². The van der Waals surface area contributed by atoms with Crippen LogP contribution in [0.2, 0.25) is 0 Å². The molecule has 2 heterocycles. The number of hydrogen-bond donors (Lipinski definition) is 0. The van der Waals surface area contributed by atoms with E-state index in [-0.39, 0.29) is 0 Å². The lowest BCUT2D eigenvalue weighted by Crippen LogP contribution is -1.98. The van der Waals surface area contributed by atoms with Crippen molar-refractivity contribution in [2.24, 2.45) is 0 Å². The summed E-state index contributed by atoms with van der Waals surface area (Å²) in [5.74, 6) is 0. The average molecular weight is 727 g/mol. The van der Waals surface area contributed by atoms with Crippen molar-refractivity contribution in [1.82, 2.24) is 20.0 Å². The first-order chi connectivity index (χ1) is 28.3. The molecule has 0 saturated carbocycles. The normalized spacial score (nSPS) is 11.5. The van der Waals surface area contributed by atoms with Crippen molar-refractivity contribution in [3.8, 4) is 61.3 Å². The SMILES string of the molecule is c1ccc(-c2c3ccccc3c(-c3ccccc3)c3cc(-c4ccc5nn(-c6ccc(-c7ccc(-c8cccnc8)c8ccccc78)cc6)nc5c4)ccc23)cc1. The number of pyridine rings is 1. The van der Waals surface area contributed by atoms with Gasteiger partial charge in [0.05, 0.1) is 5.69 Å². The molecule has 2 aromatic heterocycles. The fraction of sp³-hybridized carbons (Fsp3) is 0. The minimum atomic E-state index is 0.848. The molecule has 0 aliphatic rings. The average Bonchev–Trinajstić information content (AvgIpc) is 3.72. The van der Waals surface area contributed by atoms with Crippen LogP contribution < -0.4 is 0 Å². The molecule has 9 aromatic carbocycles. The van der Waals surface area contributed by atoms with E-state index in [0.717, 1.165) is 39.0 Å². The zero-order chi connectivity index (χ0) is 37.7. The van der Waals surface area contributed by atoms with Crippen LogP contribution in [0, 0.1) is 0 Å². The fourth-order valence-electron chi connectivity index (χ4n) is 8.50. The molecule has 11 rings (SSSR count). The van der Waals surface area contributed by atoms with Gasteiger partial charge in [-0.1, -0.05) is 158 Å². The van der Waals surface area contributed by atoms with Crippen LogP contribution in [0.1, 0.15) is 0 Å². The summed E-state index contributed by atoms with van der Waals surface area (Å²) in [4.78, 5) is 6.10. The maximum absolute atomic E-state index is 4.99. The summed E-state index contributed by atoms with van der Waals surface area (Å²) in [5.41, 5.74) is 14.4. The van der Waals surface area contributed by atoms with E-state index in [4.69, 9.17) is 10.2 Å². The van der Waals surface area contributed by atoms with Crippen LogP contribution in [0.5, 0.6) is 0 Å². The summed E-state index contributed by atoms with van der Waals surface area (Å²) < 4.78 is 0. The van der Waals surface area contributed by atoms with Crippen molar-refractivity contribution >= 4 is 43.4 Å². The molecule has 0 fully saturated rings. The lowest BCUT2D eigenvalue weighted by atomic mass is 9.85. The molecule has 0 amide bonds. The van der Waals surface area contributed by atoms with Gasteiger partial charge in [-0.3, -0.25) is 4.98 Å². The van der Waals surface area contributed by atoms with Crippen LogP contribution in [-0.2, 0) is 0 Å². The molecular formula is C53H34N4. The van der Waals surface area contributed by atoms with Gasteiger partial charge in [-0.2, -0.15) is 4.80 Å². The Morgan fingerprint density at radius 3 is 1.47 bits per heavy atom. The van der Waals surface area contributed by atoms with Crippen LogP contribution in [0.4, 0.5) is 0 Å². The molecule has 0 radical (unpaired) electrons. The monoisotopic (exact) mass is 726 g/mol. The molecule has 0 spiro atoms. The molecule has 11 aromatic rings. The van der Waals surface area contributed by atoms with Crippen molar-refractivity contribution in [2.45, 2.75) is 0 Å². The van der Waals surface area contributed by atoms with E-state index in [9.17, 15) is 0 Å². The summed E-state index contributed by atoms with van der Waals surface area (Å²) in [6.07, 6.45) is 3.74. The maximum Gasteiger partial charge on any atom is 0.114 e. The minimum absolute atomic E-state index is 0.848. The Hall–Kier alpha value is -7.69. The van der Waals surface area contributed by atoms with Gasteiger partial charge in [-0.05, 0) is 119 Å². The smallest absolute Gasteiger partial charge is 0.114 e. The number of hydrogen-bond acceptors (Lipinski definition) is 3. The molecule has 0 N–H and O–H groups in total. The lowest BCUT2D eigenvalue weighted by Gasteiger charge is -2.18. The van der Waals surface area contributed by atoms with Crippen LogP contribution in [-0.4, -0.2) is 20.0 Å². The predicted molar refractivity (Wildman–Crippen MR) is 236 cm³/mol. The van der Waals surface area contributed by atoms with Gasteiger partial charge in [0.25, 0.3) is 0 Å². The van der Waals surface area contributed by atoms with Gasteiger partial charge in [-0.25, -0.2) is 0 Å². The van der Waals surface area contributed by atoms with Gasteiger partial charge < -0.3 is 0 Å². The van der Waals surface area contributed by atoms with E-state index >= 15 is 0 Å². The Kier molecular flexibility index (Phi) is 7.78. The Morgan fingerprint density at radius 2 is 0.825 bits per heavy atom. The second-order valence-corrected chi connectivity index (χ2v) is 14.5. The van der Waals surface area contributed by atoms with Gasteiger partial charge in [0.2, 0.25) is 0 Å². The highest BCUT2D eigenvalue weighted by Crippen LogP contribution is 2.45. The zero-order valence-electron chi connectivity index (χ0n) is 30.9. The molecule has 0 aliphatic carbocycles. The molecule has 57 heavy (non-hydrogen) atoms. The topological polar surface area (TPSA) is 43.6 Å². The van der Waals surface area contributed by atoms with Gasteiger partial charge >= 0.3 is 0 Å². The van der Waals surface area contributed by atoms with Crippen LogP contribution in [0.25, 0.3) is 105 Å². The second-order valence-electron chi connectivity index (χ2n) is 14.5. The molecule has 0 atom stereocenters. The number of rotatable bonds is 6. The third kappa shape index (κ3) is 5.66. The quantitative estimate of drug-likeness (QED) is 0.160. The highest BCUT2D eigenvalue weighted by molar-refractivity contribution is 6.22. The summed E-state index contributed by atoms with van der Waals surface area (Å²) in [5, 5.41) is 17.2. The number of aromatic nitrogens is 4.